The largest absolute Gasteiger partial charge is 0.507 e. The topological polar surface area (TPSA) is 154 Å². The highest BCUT2D eigenvalue weighted by molar-refractivity contribution is 6.02. The van der Waals surface area contributed by atoms with Crippen LogP contribution in [-0.2, 0) is 39.9 Å². The van der Waals surface area contributed by atoms with Crippen molar-refractivity contribution < 1.29 is 43.2 Å². The van der Waals surface area contributed by atoms with Gasteiger partial charge in [-0.15, -0.1) is 0 Å². The number of carbonyl (C=O) groups excluding carboxylic acids is 3. The summed E-state index contributed by atoms with van der Waals surface area (Å²) in [6, 6.07) is 28.2. The lowest BCUT2D eigenvalue weighted by Crippen LogP contribution is -2.68. The van der Waals surface area contributed by atoms with Crippen LogP contribution in [0, 0.1) is 0 Å². The van der Waals surface area contributed by atoms with Crippen LogP contribution in [0.5, 0.6) is 5.75 Å². The minimum Gasteiger partial charge on any atom is -0.507 e. The summed E-state index contributed by atoms with van der Waals surface area (Å²) in [5.74, 6) is -1.99. The fourth-order valence-corrected chi connectivity index (χ4v) is 5.79. The second-order valence-electron chi connectivity index (χ2n) is 11.6. The maximum atomic E-state index is 13.3. The van der Waals surface area contributed by atoms with Crippen LogP contribution in [-0.4, -0.2) is 66.2 Å². The van der Waals surface area contributed by atoms with E-state index >= 15 is 0 Å². The van der Waals surface area contributed by atoms with E-state index in [9.17, 15) is 19.5 Å². The maximum absolute atomic E-state index is 13.3. The van der Waals surface area contributed by atoms with Gasteiger partial charge in [0, 0.05) is 12.5 Å². The predicted molar refractivity (Wildman–Crippen MR) is 173 cm³/mol. The number of rotatable bonds is 9. The highest BCUT2D eigenvalue weighted by Gasteiger charge is 2.52. The molecule has 48 heavy (non-hydrogen) atoms. The third-order valence-corrected chi connectivity index (χ3v) is 8.18. The fourth-order valence-electron chi connectivity index (χ4n) is 5.79. The summed E-state index contributed by atoms with van der Waals surface area (Å²) in [5.41, 5.74) is 6.38. The number of phenols is 1. The summed E-state index contributed by atoms with van der Waals surface area (Å²) in [5, 5.41) is 14.8. The summed E-state index contributed by atoms with van der Waals surface area (Å²) in [6.45, 7) is 3.19. The minimum atomic E-state index is -1.15. The van der Waals surface area contributed by atoms with Gasteiger partial charge in [-0.05, 0) is 35.4 Å². The van der Waals surface area contributed by atoms with E-state index in [4.69, 9.17) is 23.7 Å². The van der Waals surface area contributed by atoms with Gasteiger partial charge < -0.3 is 34.1 Å². The van der Waals surface area contributed by atoms with Gasteiger partial charge in [-0.25, -0.2) is 0 Å². The van der Waals surface area contributed by atoms with Crippen LogP contribution in [0.25, 0.3) is 10.8 Å². The molecular formula is C36H37N3O9. The van der Waals surface area contributed by atoms with E-state index in [2.05, 4.69) is 16.2 Å². The second kappa shape index (κ2) is 14.9. The quantitative estimate of drug-likeness (QED) is 0.198. The molecule has 0 unspecified atom stereocenters. The van der Waals surface area contributed by atoms with Crippen molar-refractivity contribution >= 4 is 28.5 Å². The van der Waals surface area contributed by atoms with Crippen molar-refractivity contribution in [1.29, 1.82) is 0 Å². The molecule has 2 fully saturated rings. The fraction of sp³-hybridized carbons (Fsp3) is 0.306. The molecule has 0 aliphatic carbocycles. The Hall–Kier alpha value is -4.85. The lowest BCUT2D eigenvalue weighted by atomic mass is 9.95. The first-order chi connectivity index (χ1) is 23.3. The van der Waals surface area contributed by atoms with E-state index < -0.39 is 54.9 Å². The van der Waals surface area contributed by atoms with Gasteiger partial charge in [0.2, 0.25) is 5.91 Å². The van der Waals surface area contributed by atoms with Crippen LogP contribution in [0.15, 0.2) is 97.1 Å². The summed E-state index contributed by atoms with van der Waals surface area (Å²) >= 11 is 0. The molecule has 2 heterocycles. The number of fused-ring (bicyclic) bond motifs is 2. The van der Waals surface area contributed by atoms with Gasteiger partial charge in [0.1, 0.15) is 36.2 Å². The van der Waals surface area contributed by atoms with E-state index in [1.807, 2.05) is 84.9 Å². The summed E-state index contributed by atoms with van der Waals surface area (Å²) in [7, 11) is 0. The number of benzene rings is 4. The van der Waals surface area contributed by atoms with Crippen LogP contribution >= 0.6 is 0 Å². The molecule has 2 aliphatic rings. The molecule has 0 aromatic heterocycles. The molecule has 0 spiro atoms. The van der Waals surface area contributed by atoms with E-state index in [0.29, 0.717) is 0 Å². The summed E-state index contributed by atoms with van der Waals surface area (Å²) in [4.78, 5) is 38.7. The van der Waals surface area contributed by atoms with Crippen LogP contribution in [0.1, 0.15) is 41.6 Å². The number of hydrogen-bond donors (Lipinski definition) is 4. The van der Waals surface area contributed by atoms with Crippen molar-refractivity contribution in [3.8, 4) is 5.75 Å². The molecule has 7 atom stereocenters. The van der Waals surface area contributed by atoms with Crippen molar-refractivity contribution in [2.24, 2.45) is 0 Å². The van der Waals surface area contributed by atoms with Crippen molar-refractivity contribution in [3.05, 3.63) is 114 Å². The number of nitrogens with one attached hydrogen (secondary N) is 3. The number of ether oxygens (including phenoxy) is 5. The number of amides is 3. The van der Waals surface area contributed by atoms with Gasteiger partial charge in [-0.2, -0.15) is 0 Å². The zero-order chi connectivity index (χ0) is 33.6. The Morgan fingerprint density at radius 3 is 2.27 bits per heavy atom. The maximum Gasteiger partial charge on any atom is 0.273 e. The third kappa shape index (κ3) is 7.64. The van der Waals surface area contributed by atoms with E-state index in [-0.39, 0.29) is 30.4 Å². The van der Waals surface area contributed by atoms with Crippen molar-refractivity contribution in [3.63, 3.8) is 0 Å². The molecule has 4 aromatic rings. The first-order valence-corrected chi connectivity index (χ1v) is 15.6. The van der Waals surface area contributed by atoms with Crippen LogP contribution in [0.3, 0.4) is 0 Å². The number of phenolic OH excluding ortho intramolecular Hbond substituents is 1. The molecule has 2 saturated heterocycles. The van der Waals surface area contributed by atoms with Crippen LogP contribution in [0.4, 0.5) is 0 Å². The van der Waals surface area contributed by atoms with Crippen molar-refractivity contribution in [2.45, 2.75) is 63.5 Å². The Morgan fingerprint density at radius 2 is 1.56 bits per heavy atom. The van der Waals surface area contributed by atoms with E-state index in [0.717, 1.165) is 21.9 Å². The average molecular weight is 656 g/mol. The van der Waals surface area contributed by atoms with Gasteiger partial charge in [-0.3, -0.25) is 25.2 Å². The van der Waals surface area contributed by atoms with Gasteiger partial charge in [0.25, 0.3) is 11.8 Å². The Bertz CT molecular complexity index is 1740. The standard InChI is InChI=1S/C36H37N3O9/c1-21(33(42)38-39-34(43)27-17-25-15-9-10-16-26(25)18-28(27)41)46-32-30(37-22(2)40)36(44-19-23-11-5-3-6-12-23)47-29-20-45-35(48-31(29)32)24-13-7-4-8-14-24/h3-18,21,29-32,35-36,41H,19-20H2,1-2H3,(H,37,40)(H,38,42)(H,39,43)/t21-,29+,30+,31+,32+,35-,36-/m0/s1. The molecular weight excluding hydrogens is 618 g/mol. The lowest BCUT2D eigenvalue weighted by molar-refractivity contribution is -0.351. The molecule has 12 heteroatoms. The van der Waals surface area contributed by atoms with Gasteiger partial charge >= 0.3 is 0 Å². The number of hydrogen-bond acceptors (Lipinski definition) is 9. The van der Waals surface area contributed by atoms with Crippen molar-refractivity contribution in [1.82, 2.24) is 16.2 Å². The summed E-state index contributed by atoms with van der Waals surface area (Å²) < 4.78 is 31.2. The molecule has 4 aromatic carbocycles. The lowest BCUT2D eigenvalue weighted by Gasteiger charge is -2.49. The van der Waals surface area contributed by atoms with Gasteiger partial charge in [0.05, 0.1) is 18.8 Å². The smallest absolute Gasteiger partial charge is 0.273 e. The first-order valence-electron chi connectivity index (χ1n) is 15.6. The SMILES string of the molecule is CC(=O)N[C@H]1[C@@H](OCc2ccccc2)O[C@@H]2CO[C@H](c3ccccc3)O[C@H]2[C@@H]1O[C@@H](C)C(=O)NNC(=O)c1cc2ccccc2cc1O. The van der Waals surface area contributed by atoms with Crippen molar-refractivity contribution in [2.75, 3.05) is 6.61 Å². The Balaban J connectivity index is 1.20. The van der Waals surface area contributed by atoms with Gasteiger partial charge in [-0.1, -0.05) is 84.9 Å². The molecule has 3 amide bonds. The Morgan fingerprint density at radius 1 is 0.896 bits per heavy atom. The highest BCUT2D eigenvalue weighted by Crippen LogP contribution is 2.36. The predicted octanol–water partition coefficient (Wildman–Crippen LogP) is 3.64. The average Bonchev–Trinajstić information content (AvgIpc) is 3.10. The Labute approximate surface area is 277 Å². The molecule has 2 aliphatic heterocycles. The summed E-state index contributed by atoms with van der Waals surface area (Å²) in [6.07, 6.45) is -5.26. The zero-order valence-corrected chi connectivity index (χ0v) is 26.4. The monoisotopic (exact) mass is 655 g/mol. The van der Waals surface area contributed by atoms with E-state index in [1.54, 1.807) is 0 Å². The molecule has 250 valence electrons. The first kappa shape index (κ1) is 33.1. The van der Waals surface area contributed by atoms with Crippen LogP contribution in [0.2, 0.25) is 0 Å². The zero-order valence-electron chi connectivity index (χ0n) is 26.4. The molecule has 4 N–H and O–H groups in total. The second-order valence-corrected chi connectivity index (χ2v) is 11.6. The Kier molecular flexibility index (Phi) is 10.3. The highest BCUT2D eigenvalue weighted by atomic mass is 16.8. The molecule has 0 bridgehead atoms. The molecule has 6 rings (SSSR count). The number of hydrazine groups is 1. The number of carbonyl (C=O) groups is 3. The third-order valence-electron chi connectivity index (χ3n) is 8.18. The van der Waals surface area contributed by atoms with E-state index in [1.165, 1.54) is 26.0 Å². The molecule has 0 radical (unpaired) electrons. The molecule has 0 saturated carbocycles. The molecule has 12 nitrogen and oxygen atoms in total. The minimum absolute atomic E-state index is 0.0125. The normalized spacial score (nSPS) is 24.2. The number of aromatic hydroxyl groups is 1. The van der Waals surface area contributed by atoms with Crippen LogP contribution < -0.4 is 16.2 Å². The van der Waals surface area contributed by atoms with Gasteiger partial charge in [0.15, 0.2) is 12.6 Å².